The smallest absolute Gasteiger partial charge is 0.249 e. The minimum absolute atomic E-state index is 0.0513. The first-order chi connectivity index (χ1) is 14.3. The van der Waals surface area contributed by atoms with E-state index in [9.17, 15) is 4.79 Å². The molecule has 0 radical (unpaired) electrons. The summed E-state index contributed by atoms with van der Waals surface area (Å²) in [7, 11) is 1.58. The van der Waals surface area contributed by atoms with Gasteiger partial charge in [-0.2, -0.15) is 0 Å². The summed E-state index contributed by atoms with van der Waals surface area (Å²) in [6.07, 6.45) is 4.70. The van der Waals surface area contributed by atoms with Crippen molar-refractivity contribution in [2.45, 2.75) is 25.3 Å². The lowest BCUT2D eigenvalue weighted by atomic mass is 9.83. The number of benzene rings is 1. The first-order valence-corrected chi connectivity index (χ1v) is 10.5. The number of para-hydroxylation sites is 1. The second-order valence-corrected chi connectivity index (χ2v) is 7.82. The highest BCUT2D eigenvalue weighted by Gasteiger charge is 2.39. The molecule has 2 aliphatic heterocycles. The van der Waals surface area contributed by atoms with Gasteiger partial charge in [-0.1, -0.05) is 18.2 Å². The molecule has 7 nitrogen and oxygen atoms in total. The quantitative estimate of drug-likeness (QED) is 0.775. The zero-order chi connectivity index (χ0) is 20.1. The highest BCUT2D eigenvalue weighted by Crippen LogP contribution is 2.38. The predicted octanol–water partition coefficient (Wildman–Crippen LogP) is 2.27. The number of methoxy groups -OCH3 is 1. The Hall–Kier alpha value is -2.38. The number of piperidine rings is 1. The van der Waals surface area contributed by atoms with Crippen LogP contribution in [0, 0.1) is 5.92 Å². The average molecular weight is 399 g/mol. The maximum absolute atomic E-state index is 12.7. The second kappa shape index (κ2) is 9.41. The number of nitrogens with zero attached hydrogens (tertiary/aromatic N) is 3. The maximum atomic E-state index is 12.7. The van der Waals surface area contributed by atoms with Crippen molar-refractivity contribution in [2.75, 3.05) is 46.5 Å². The molecule has 0 aliphatic carbocycles. The fraction of sp³-hybridized carbons (Fsp3) is 0.545. The Morgan fingerprint density at radius 1 is 1.21 bits per heavy atom. The van der Waals surface area contributed by atoms with Crippen molar-refractivity contribution in [2.24, 2.45) is 5.92 Å². The number of aromatic nitrogens is 2. The van der Waals surface area contributed by atoms with Crippen molar-refractivity contribution in [3.8, 4) is 5.75 Å². The van der Waals surface area contributed by atoms with Gasteiger partial charge in [-0.05, 0) is 44.0 Å². The molecule has 1 unspecified atom stereocenters. The zero-order valence-electron chi connectivity index (χ0n) is 17.0. The minimum Gasteiger partial charge on any atom is -0.492 e. The number of carbonyl (C=O) groups excluding carboxylic acids is 1. The first kappa shape index (κ1) is 19.9. The Kier molecular flexibility index (Phi) is 6.46. The third kappa shape index (κ3) is 4.62. The molecule has 1 aromatic heterocycles. The molecular weight excluding hydrogens is 368 g/mol. The Bertz CT molecular complexity index is 786. The third-order valence-electron chi connectivity index (χ3n) is 6.06. The van der Waals surface area contributed by atoms with Gasteiger partial charge in [0.2, 0.25) is 5.91 Å². The molecule has 0 spiro atoms. The molecule has 4 rings (SSSR count). The van der Waals surface area contributed by atoms with Crippen LogP contribution in [0.15, 0.2) is 36.7 Å². The molecule has 1 fully saturated rings. The average Bonchev–Trinajstić information content (AvgIpc) is 3.23. The standard InChI is InChI=1S/C22H30N4O3/c1-28-15-20(27)26-12-9-19-21(24-16-23-19)22(26)17-7-10-25(11-8-17)13-14-29-18-5-3-2-4-6-18/h2-6,16-17,22H,7-15H2,1H3,(H,23,24). The second-order valence-electron chi connectivity index (χ2n) is 7.82. The number of hydrogen-bond donors (Lipinski definition) is 1. The van der Waals surface area contributed by atoms with E-state index in [-0.39, 0.29) is 18.6 Å². The number of H-pyrrole nitrogens is 1. The van der Waals surface area contributed by atoms with Gasteiger partial charge in [-0.15, -0.1) is 0 Å². The minimum atomic E-state index is 0.0513. The summed E-state index contributed by atoms with van der Waals surface area (Å²) in [4.78, 5) is 25.0. The fourth-order valence-electron chi connectivity index (χ4n) is 4.57. The van der Waals surface area contributed by atoms with Gasteiger partial charge in [0.15, 0.2) is 0 Å². The number of likely N-dealkylation sites (tertiary alicyclic amines) is 1. The number of imidazole rings is 1. The Labute approximate surface area is 172 Å². The van der Waals surface area contributed by atoms with Crippen LogP contribution in [0.3, 0.4) is 0 Å². The number of amides is 1. The molecule has 7 heteroatoms. The van der Waals surface area contributed by atoms with Crippen molar-refractivity contribution < 1.29 is 14.3 Å². The molecule has 1 saturated heterocycles. The van der Waals surface area contributed by atoms with E-state index in [4.69, 9.17) is 9.47 Å². The van der Waals surface area contributed by atoms with Crippen molar-refractivity contribution in [3.05, 3.63) is 48.0 Å². The van der Waals surface area contributed by atoms with E-state index in [1.54, 1.807) is 13.4 Å². The lowest BCUT2D eigenvalue weighted by Crippen LogP contribution is -2.47. The number of fused-ring (bicyclic) bond motifs is 1. The SMILES string of the molecule is COCC(=O)N1CCc2[nH]cnc2C1C1CCN(CCOc2ccccc2)CC1. The van der Waals surface area contributed by atoms with E-state index in [1.807, 2.05) is 35.2 Å². The molecule has 156 valence electrons. The maximum Gasteiger partial charge on any atom is 0.249 e. The Morgan fingerprint density at radius 3 is 2.76 bits per heavy atom. The highest BCUT2D eigenvalue weighted by molar-refractivity contribution is 5.78. The van der Waals surface area contributed by atoms with Crippen LogP contribution in [0.4, 0.5) is 0 Å². The van der Waals surface area contributed by atoms with Gasteiger partial charge < -0.3 is 19.4 Å². The molecule has 1 amide bonds. The Morgan fingerprint density at radius 2 is 2.00 bits per heavy atom. The van der Waals surface area contributed by atoms with E-state index in [0.717, 1.165) is 56.9 Å². The molecule has 0 bridgehead atoms. The number of rotatable bonds is 7. The van der Waals surface area contributed by atoms with Crippen LogP contribution in [0.5, 0.6) is 5.75 Å². The summed E-state index contributed by atoms with van der Waals surface area (Å²) in [5.41, 5.74) is 2.22. The van der Waals surface area contributed by atoms with Crippen molar-refractivity contribution >= 4 is 5.91 Å². The van der Waals surface area contributed by atoms with Gasteiger partial charge in [0, 0.05) is 32.3 Å². The number of ether oxygens (including phenoxy) is 2. The number of hydrogen-bond acceptors (Lipinski definition) is 5. The van der Waals surface area contributed by atoms with Crippen LogP contribution in [-0.4, -0.2) is 72.2 Å². The van der Waals surface area contributed by atoms with Crippen molar-refractivity contribution in [1.29, 1.82) is 0 Å². The van der Waals surface area contributed by atoms with Gasteiger partial charge in [-0.3, -0.25) is 9.69 Å². The molecule has 2 aromatic rings. The highest BCUT2D eigenvalue weighted by atomic mass is 16.5. The molecular formula is C22H30N4O3. The fourth-order valence-corrected chi connectivity index (χ4v) is 4.57. The van der Waals surface area contributed by atoms with Crippen LogP contribution in [0.2, 0.25) is 0 Å². The largest absolute Gasteiger partial charge is 0.492 e. The van der Waals surface area contributed by atoms with Gasteiger partial charge >= 0.3 is 0 Å². The van der Waals surface area contributed by atoms with Crippen LogP contribution in [0.1, 0.15) is 30.3 Å². The first-order valence-electron chi connectivity index (χ1n) is 10.5. The monoisotopic (exact) mass is 398 g/mol. The number of carbonyl (C=O) groups is 1. The number of nitrogens with one attached hydrogen (secondary N) is 1. The van der Waals surface area contributed by atoms with Crippen LogP contribution >= 0.6 is 0 Å². The van der Waals surface area contributed by atoms with Gasteiger partial charge in [0.25, 0.3) is 0 Å². The van der Waals surface area contributed by atoms with Gasteiger partial charge in [0.1, 0.15) is 19.0 Å². The molecule has 1 aromatic carbocycles. The summed E-state index contributed by atoms with van der Waals surface area (Å²) < 4.78 is 11.0. The van der Waals surface area contributed by atoms with E-state index >= 15 is 0 Å². The predicted molar refractivity (Wildman–Crippen MR) is 110 cm³/mol. The number of aromatic amines is 1. The van der Waals surface area contributed by atoms with Crippen LogP contribution in [0.25, 0.3) is 0 Å². The van der Waals surface area contributed by atoms with E-state index in [1.165, 1.54) is 5.69 Å². The summed E-state index contributed by atoms with van der Waals surface area (Å²) in [5, 5.41) is 0. The summed E-state index contributed by atoms with van der Waals surface area (Å²) in [6, 6.07) is 10.0. The molecule has 2 aliphatic rings. The lowest BCUT2D eigenvalue weighted by molar-refractivity contribution is -0.140. The van der Waals surface area contributed by atoms with Crippen molar-refractivity contribution in [1.82, 2.24) is 19.8 Å². The van der Waals surface area contributed by atoms with Crippen LogP contribution in [-0.2, 0) is 16.0 Å². The summed E-state index contributed by atoms with van der Waals surface area (Å²) in [5.74, 6) is 1.40. The zero-order valence-corrected chi connectivity index (χ0v) is 17.0. The summed E-state index contributed by atoms with van der Waals surface area (Å²) >= 11 is 0. The van der Waals surface area contributed by atoms with E-state index in [0.29, 0.717) is 12.5 Å². The van der Waals surface area contributed by atoms with Gasteiger partial charge in [0.05, 0.1) is 18.1 Å². The Balaban J connectivity index is 1.34. The molecule has 29 heavy (non-hydrogen) atoms. The van der Waals surface area contributed by atoms with Crippen LogP contribution < -0.4 is 4.74 Å². The summed E-state index contributed by atoms with van der Waals surface area (Å²) in [6.45, 7) is 4.52. The topological polar surface area (TPSA) is 70.7 Å². The van der Waals surface area contributed by atoms with Crippen molar-refractivity contribution in [3.63, 3.8) is 0 Å². The van der Waals surface area contributed by atoms with E-state index in [2.05, 4.69) is 14.9 Å². The molecule has 0 saturated carbocycles. The molecule has 1 N–H and O–H groups in total. The van der Waals surface area contributed by atoms with Gasteiger partial charge in [-0.25, -0.2) is 4.98 Å². The molecule has 1 atom stereocenters. The molecule has 3 heterocycles. The lowest BCUT2D eigenvalue weighted by Gasteiger charge is -2.42. The third-order valence-corrected chi connectivity index (χ3v) is 6.06. The van der Waals surface area contributed by atoms with E-state index < -0.39 is 0 Å². The normalized spacial score (nSPS) is 20.4.